The number of aliphatic hydroxyl groups is 1. The second-order valence-electron chi connectivity index (χ2n) is 4.89. The van der Waals surface area contributed by atoms with E-state index in [2.05, 4.69) is 5.32 Å². The molecule has 4 N–H and O–H groups in total. The van der Waals surface area contributed by atoms with Crippen LogP contribution in [0.5, 0.6) is 0 Å². The summed E-state index contributed by atoms with van der Waals surface area (Å²) in [6.07, 6.45) is 6.72. The van der Waals surface area contributed by atoms with Gasteiger partial charge in [-0.2, -0.15) is 0 Å². The number of carbonyl (C=O) groups is 1. The van der Waals surface area contributed by atoms with E-state index in [9.17, 15) is 9.90 Å². The smallest absolute Gasteiger partial charge is 0.220 e. The summed E-state index contributed by atoms with van der Waals surface area (Å²) in [5.74, 6) is 0.0909. The van der Waals surface area contributed by atoms with E-state index >= 15 is 0 Å². The number of aliphatic hydroxyl groups excluding tert-OH is 1. The number of rotatable bonds is 7. The van der Waals surface area contributed by atoms with Gasteiger partial charge in [-0.25, -0.2) is 0 Å². The summed E-state index contributed by atoms with van der Waals surface area (Å²) in [6.45, 7) is 1.47. The minimum atomic E-state index is -0.0382. The van der Waals surface area contributed by atoms with Crippen LogP contribution < -0.4 is 11.1 Å². The molecular formula is C12H24N2O2. The molecule has 0 spiro atoms. The molecule has 0 atom stereocenters. The minimum absolute atomic E-state index is 0.0382. The Morgan fingerprint density at radius 1 is 1.31 bits per heavy atom. The fourth-order valence-electron chi connectivity index (χ4n) is 2.32. The number of unbranched alkanes of at least 4 members (excludes halogenated alkanes) is 1. The van der Waals surface area contributed by atoms with Crippen molar-refractivity contribution in [2.24, 2.45) is 11.1 Å². The number of hydrogen-bond acceptors (Lipinski definition) is 3. The molecule has 4 heteroatoms. The second-order valence-corrected chi connectivity index (χ2v) is 4.89. The van der Waals surface area contributed by atoms with Crippen LogP contribution in [0.2, 0.25) is 0 Å². The first kappa shape index (κ1) is 13.5. The van der Waals surface area contributed by atoms with Crippen LogP contribution in [0.1, 0.15) is 44.9 Å². The Morgan fingerprint density at radius 2 is 2.00 bits per heavy atom. The van der Waals surface area contributed by atoms with Gasteiger partial charge in [0.15, 0.2) is 0 Å². The van der Waals surface area contributed by atoms with Gasteiger partial charge in [0, 0.05) is 18.4 Å². The third kappa shape index (κ3) is 4.10. The number of nitrogens with one attached hydrogen (secondary N) is 1. The molecule has 0 aliphatic heterocycles. The molecular weight excluding hydrogens is 204 g/mol. The molecule has 0 aromatic heterocycles. The normalized spacial score (nSPS) is 18.6. The maximum Gasteiger partial charge on any atom is 0.220 e. The molecule has 0 saturated heterocycles. The van der Waals surface area contributed by atoms with Gasteiger partial charge in [-0.1, -0.05) is 12.8 Å². The van der Waals surface area contributed by atoms with E-state index in [-0.39, 0.29) is 17.9 Å². The largest absolute Gasteiger partial charge is 0.396 e. The van der Waals surface area contributed by atoms with E-state index in [4.69, 9.17) is 5.73 Å². The molecule has 1 amide bonds. The molecule has 0 heterocycles. The monoisotopic (exact) mass is 228 g/mol. The third-order valence-electron chi connectivity index (χ3n) is 3.52. The standard InChI is InChI=1S/C12H24N2O2/c13-8-4-1-5-11(16)14-9-12(10-15)6-2-3-7-12/h15H,1-10,13H2,(H,14,16). The molecule has 0 aromatic rings. The highest BCUT2D eigenvalue weighted by atomic mass is 16.3. The predicted octanol–water partition coefficient (Wildman–Crippen LogP) is 0.784. The number of amides is 1. The van der Waals surface area contributed by atoms with Crippen LogP contribution in [-0.2, 0) is 4.79 Å². The Balaban J connectivity index is 2.19. The quantitative estimate of drug-likeness (QED) is 0.564. The Kier molecular flexibility index (Phi) is 5.77. The molecule has 0 aromatic carbocycles. The van der Waals surface area contributed by atoms with E-state index in [0.29, 0.717) is 19.5 Å². The van der Waals surface area contributed by atoms with Gasteiger partial charge >= 0.3 is 0 Å². The summed E-state index contributed by atoms with van der Waals surface area (Å²) >= 11 is 0. The minimum Gasteiger partial charge on any atom is -0.396 e. The molecule has 1 rings (SSSR count). The van der Waals surface area contributed by atoms with Crippen LogP contribution in [0, 0.1) is 5.41 Å². The molecule has 0 radical (unpaired) electrons. The zero-order chi connectivity index (χ0) is 11.9. The fourth-order valence-corrected chi connectivity index (χ4v) is 2.32. The van der Waals surface area contributed by atoms with Crippen LogP contribution in [0.3, 0.4) is 0 Å². The summed E-state index contributed by atoms with van der Waals surface area (Å²) in [4.78, 5) is 11.5. The van der Waals surface area contributed by atoms with E-state index in [1.54, 1.807) is 0 Å². The van der Waals surface area contributed by atoms with Crippen molar-refractivity contribution in [3.8, 4) is 0 Å². The lowest BCUT2D eigenvalue weighted by Gasteiger charge is -2.26. The van der Waals surface area contributed by atoms with Crippen molar-refractivity contribution >= 4 is 5.91 Å². The maximum atomic E-state index is 11.5. The van der Waals surface area contributed by atoms with Gasteiger partial charge in [0.25, 0.3) is 0 Å². The Hall–Kier alpha value is -0.610. The van der Waals surface area contributed by atoms with E-state index in [1.165, 1.54) is 12.8 Å². The zero-order valence-corrected chi connectivity index (χ0v) is 10.0. The lowest BCUT2D eigenvalue weighted by atomic mass is 9.87. The van der Waals surface area contributed by atoms with Crippen molar-refractivity contribution < 1.29 is 9.90 Å². The zero-order valence-electron chi connectivity index (χ0n) is 10.0. The maximum absolute atomic E-state index is 11.5. The fraction of sp³-hybridized carbons (Fsp3) is 0.917. The van der Waals surface area contributed by atoms with Gasteiger partial charge in [-0.15, -0.1) is 0 Å². The van der Waals surface area contributed by atoms with E-state index < -0.39 is 0 Å². The average Bonchev–Trinajstić information content (AvgIpc) is 2.76. The van der Waals surface area contributed by atoms with Crippen molar-refractivity contribution in [1.82, 2.24) is 5.32 Å². The first-order chi connectivity index (χ1) is 7.72. The van der Waals surface area contributed by atoms with Crippen LogP contribution in [0.4, 0.5) is 0 Å². The summed E-state index contributed by atoms with van der Waals surface area (Å²) in [5, 5.41) is 12.3. The summed E-state index contributed by atoms with van der Waals surface area (Å²) in [7, 11) is 0. The van der Waals surface area contributed by atoms with Crippen LogP contribution >= 0.6 is 0 Å². The van der Waals surface area contributed by atoms with E-state index in [0.717, 1.165) is 25.7 Å². The molecule has 16 heavy (non-hydrogen) atoms. The Labute approximate surface area is 97.6 Å². The lowest BCUT2D eigenvalue weighted by molar-refractivity contribution is -0.121. The number of nitrogens with two attached hydrogens (primary N) is 1. The Morgan fingerprint density at radius 3 is 2.56 bits per heavy atom. The second kappa shape index (κ2) is 6.86. The van der Waals surface area contributed by atoms with Crippen molar-refractivity contribution in [1.29, 1.82) is 0 Å². The molecule has 1 aliphatic rings. The van der Waals surface area contributed by atoms with Crippen molar-refractivity contribution in [2.75, 3.05) is 19.7 Å². The average molecular weight is 228 g/mol. The first-order valence-electron chi connectivity index (χ1n) is 6.30. The van der Waals surface area contributed by atoms with Gasteiger partial charge in [0.1, 0.15) is 0 Å². The third-order valence-corrected chi connectivity index (χ3v) is 3.52. The molecule has 1 aliphatic carbocycles. The van der Waals surface area contributed by atoms with Crippen molar-refractivity contribution in [3.63, 3.8) is 0 Å². The highest BCUT2D eigenvalue weighted by Gasteiger charge is 2.33. The van der Waals surface area contributed by atoms with Gasteiger partial charge in [0.2, 0.25) is 5.91 Å². The van der Waals surface area contributed by atoms with Crippen LogP contribution in [0.15, 0.2) is 0 Å². The van der Waals surface area contributed by atoms with Gasteiger partial charge in [-0.05, 0) is 32.2 Å². The van der Waals surface area contributed by atoms with Crippen molar-refractivity contribution in [2.45, 2.75) is 44.9 Å². The van der Waals surface area contributed by atoms with Crippen LogP contribution in [0.25, 0.3) is 0 Å². The lowest BCUT2D eigenvalue weighted by Crippen LogP contribution is -2.38. The van der Waals surface area contributed by atoms with Crippen molar-refractivity contribution in [3.05, 3.63) is 0 Å². The molecule has 4 nitrogen and oxygen atoms in total. The number of carbonyl (C=O) groups excluding carboxylic acids is 1. The molecule has 1 saturated carbocycles. The number of hydrogen-bond donors (Lipinski definition) is 3. The van der Waals surface area contributed by atoms with Gasteiger partial charge in [0.05, 0.1) is 6.61 Å². The predicted molar refractivity (Wildman–Crippen MR) is 63.9 cm³/mol. The molecule has 0 unspecified atom stereocenters. The highest BCUT2D eigenvalue weighted by Crippen LogP contribution is 2.36. The summed E-state index contributed by atoms with van der Waals surface area (Å²) in [6, 6.07) is 0. The Bertz CT molecular complexity index is 213. The topological polar surface area (TPSA) is 75.4 Å². The molecule has 1 fully saturated rings. The highest BCUT2D eigenvalue weighted by molar-refractivity contribution is 5.75. The van der Waals surface area contributed by atoms with E-state index in [1.807, 2.05) is 0 Å². The van der Waals surface area contributed by atoms with Crippen LogP contribution in [-0.4, -0.2) is 30.7 Å². The van der Waals surface area contributed by atoms with Gasteiger partial charge < -0.3 is 16.2 Å². The SMILES string of the molecule is NCCCCC(=O)NCC1(CO)CCCC1. The molecule has 0 bridgehead atoms. The summed E-state index contributed by atoms with van der Waals surface area (Å²) in [5.41, 5.74) is 5.33. The van der Waals surface area contributed by atoms with Gasteiger partial charge in [-0.3, -0.25) is 4.79 Å². The molecule has 94 valence electrons. The summed E-state index contributed by atoms with van der Waals surface area (Å²) < 4.78 is 0. The first-order valence-corrected chi connectivity index (χ1v) is 6.30.